The Labute approximate surface area is 138 Å². The summed E-state index contributed by atoms with van der Waals surface area (Å²) in [5.41, 5.74) is -0.258. The molecule has 0 saturated heterocycles. The Bertz CT molecular complexity index is 1450. The van der Waals surface area contributed by atoms with Crippen LogP contribution in [-0.4, -0.2) is 18.8 Å². The average Bonchev–Trinajstić information content (AvgIpc) is 2.63. The van der Waals surface area contributed by atoms with Crippen molar-refractivity contribution in [1.29, 1.82) is 0 Å². The average molecular weight is 332 g/mol. The third kappa shape index (κ3) is 1.77. The van der Waals surface area contributed by atoms with E-state index in [2.05, 4.69) is 9.97 Å². The minimum absolute atomic E-state index is 0.0309. The molecule has 5 rings (SSSR count). The first-order chi connectivity index (χ1) is 12.1. The highest BCUT2D eigenvalue weighted by Crippen LogP contribution is 2.15. The fourth-order valence-corrected chi connectivity index (χ4v) is 3.06. The van der Waals surface area contributed by atoms with Crippen LogP contribution in [0.4, 0.5) is 4.39 Å². The molecule has 0 fully saturated rings. The largest absolute Gasteiger partial charge is 0.268 e. The summed E-state index contributed by atoms with van der Waals surface area (Å²) in [6, 6.07) is 13.4. The van der Waals surface area contributed by atoms with Gasteiger partial charge in [0.05, 0.1) is 28.0 Å². The van der Waals surface area contributed by atoms with Crippen LogP contribution in [0.15, 0.2) is 64.3 Å². The quantitative estimate of drug-likeness (QED) is 0.322. The van der Waals surface area contributed by atoms with Crippen molar-refractivity contribution in [3.63, 3.8) is 0 Å². The Morgan fingerprint density at radius 1 is 0.800 bits per heavy atom. The summed E-state index contributed by atoms with van der Waals surface area (Å²) in [5.74, 6) is -0.738. The topological polar surface area (TPSA) is 68.7 Å². The number of hydrogen-bond acceptors (Lipinski definition) is 4. The Kier molecular flexibility index (Phi) is 2.59. The van der Waals surface area contributed by atoms with Crippen molar-refractivity contribution < 1.29 is 4.39 Å². The van der Waals surface area contributed by atoms with Gasteiger partial charge in [-0.3, -0.25) is 9.59 Å². The minimum Gasteiger partial charge on any atom is -0.268 e. The Morgan fingerprint density at radius 2 is 1.40 bits per heavy atom. The molecule has 0 aliphatic heterocycles. The maximum absolute atomic E-state index is 14.6. The number of fused-ring (bicyclic) bond motifs is 5. The molecule has 7 heteroatoms. The van der Waals surface area contributed by atoms with Gasteiger partial charge in [0.2, 0.25) is 5.78 Å². The molecule has 0 bridgehead atoms. The second kappa shape index (κ2) is 4.70. The monoisotopic (exact) mass is 332 g/mol. The summed E-state index contributed by atoms with van der Waals surface area (Å²) in [6.45, 7) is 0. The molecule has 25 heavy (non-hydrogen) atoms. The number of rotatable bonds is 0. The van der Waals surface area contributed by atoms with Crippen LogP contribution in [0.5, 0.6) is 0 Å². The lowest BCUT2D eigenvalue weighted by molar-refractivity contribution is 0.616. The van der Waals surface area contributed by atoms with Gasteiger partial charge in [0, 0.05) is 0 Å². The smallest absolute Gasteiger partial charge is 0.268 e. The molecule has 3 heterocycles. The van der Waals surface area contributed by atoms with E-state index < -0.39 is 16.9 Å². The van der Waals surface area contributed by atoms with Gasteiger partial charge >= 0.3 is 0 Å². The predicted octanol–water partition coefficient (Wildman–Crippen LogP) is 2.15. The maximum Gasteiger partial charge on any atom is 0.268 e. The van der Waals surface area contributed by atoms with E-state index in [0.29, 0.717) is 21.8 Å². The zero-order chi connectivity index (χ0) is 17.1. The van der Waals surface area contributed by atoms with Crippen molar-refractivity contribution in [2.45, 2.75) is 0 Å². The molecule has 0 spiro atoms. The molecule has 0 atom stereocenters. The van der Waals surface area contributed by atoms with Crippen LogP contribution in [0, 0.1) is 5.82 Å². The van der Waals surface area contributed by atoms with Crippen molar-refractivity contribution in [2.24, 2.45) is 0 Å². The number of nitrogens with zero attached hydrogens (tertiary/aromatic N) is 4. The molecule has 0 aliphatic carbocycles. The molecule has 0 aliphatic rings. The number of benzene rings is 2. The first-order valence-corrected chi connectivity index (χ1v) is 7.56. The molecule has 0 saturated carbocycles. The highest BCUT2D eigenvalue weighted by Gasteiger charge is 2.16. The summed E-state index contributed by atoms with van der Waals surface area (Å²) in [5, 5.41) is 0.676. The summed E-state index contributed by atoms with van der Waals surface area (Å²) >= 11 is 0. The van der Waals surface area contributed by atoms with Crippen LogP contribution < -0.4 is 11.1 Å². The molecule has 3 aromatic heterocycles. The molecule has 6 nitrogen and oxygen atoms in total. The minimum atomic E-state index is -0.769. The van der Waals surface area contributed by atoms with E-state index in [1.807, 2.05) is 0 Å². The third-order valence-electron chi connectivity index (χ3n) is 4.22. The molecule has 2 aromatic carbocycles. The van der Waals surface area contributed by atoms with Gasteiger partial charge in [-0.25, -0.2) is 23.2 Å². The van der Waals surface area contributed by atoms with E-state index in [1.165, 1.54) is 0 Å². The van der Waals surface area contributed by atoms with Crippen LogP contribution in [0.1, 0.15) is 0 Å². The Hall–Kier alpha value is -3.61. The van der Waals surface area contributed by atoms with Crippen molar-refractivity contribution in [3.05, 3.63) is 81.3 Å². The van der Waals surface area contributed by atoms with Crippen LogP contribution >= 0.6 is 0 Å². The molecule has 0 N–H and O–H groups in total. The summed E-state index contributed by atoms with van der Waals surface area (Å²) < 4.78 is 16.7. The van der Waals surface area contributed by atoms with E-state index in [9.17, 15) is 14.0 Å². The van der Waals surface area contributed by atoms with E-state index in [1.54, 1.807) is 48.5 Å². The first kappa shape index (κ1) is 13.8. The van der Waals surface area contributed by atoms with Gasteiger partial charge in [0.25, 0.3) is 11.1 Å². The van der Waals surface area contributed by atoms with Crippen LogP contribution in [0.2, 0.25) is 0 Å². The second-order valence-corrected chi connectivity index (χ2v) is 5.67. The number of halogens is 1. The van der Waals surface area contributed by atoms with Gasteiger partial charge in [-0.15, -0.1) is 0 Å². The lowest BCUT2D eigenvalue weighted by Crippen LogP contribution is -2.25. The van der Waals surface area contributed by atoms with Crippen molar-refractivity contribution in [3.8, 4) is 0 Å². The predicted molar refractivity (Wildman–Crippen MR) is 91.5 cm³/mol. The summed E-state index contributed by atoms with van der Waals surface area (Å²) in [6.07, 6.45) is 1.02. The van der Waals surface area contributed by atoms with E-state index in [4.69, 9.17) is 0 Å². The maximum atomic E-state index is 14.6. The molecule has 0 unspecified atom stereocenters. The van der Waals surface area contributed by atoms with Crippen molar-refractivity contribution in [1.82, 2.24) is 18.8 Å². The van der Waals surface area contributed by atoms with Gasteiger partial charge in [0.1, 0.15) is 0 Å². The Morgan fingerprint density at radius 3 is 2.12 bits per heavy atom. The highest BCUT2D eigenvalue weighted by molar-refractivity contribution is 5.82. The SMILES string of the molecule is O=c1c2ccccc2nc2n1cc(F)c1nc3ccccc3c(=O)n12. The first-order valence-electron chi connectivity index (χ1n) is 7.56. The van der Waals surface area contributed by atoms with Crippen molar-refractivity contribution >= 4 is 33.2 Å². The second-order valence-electron chi connectivity index (χ2n) is 5.67. The van der Waals surface area contributed by atoms with Crippen LogP contribution in [-0.2, 0) is 0 Å². The molecule has 5 aromatic rings. The Balaban J connectivity index is 2.16. The number of hydrogen-bond donors (Lipinski definition) is 0. The molecular weight excluding hydrogens is 323 g/mol. The molecule has 120 valence electrons. The lowest BCUT2D eigenvalue weighted by atomic mass is 10.2. The van der Waals surface area contributed by atoms with Crippen LogP contribution in [0.3, 0.4) is 0 Å². The van der Waals surface area contributed by atoms with Crippen LogP contribution in [0.25, 0.3) is 33.2 Å². The zero-order valence-corrected chi connectivity index (χ0v) is 12.7. The van der Waals surface area contributed by atoms with E-state index >= 15 is 0 Å². The zero-order valence-electron chi connectivity index (χ0n) is 12.7. The lowest BCUT2D eigenvalue weighted by Gasteiger charge is -2.09. The molecule has 0 radical (unpaired) electrons. The van der Waals surface area contributed by atoms with Gasteiger partial charge in [0.15, 0.2) is 11.5 Å². The van der Waals surface area contributed by atoms with Gasteiger partial charge in [-0.1, -0.05) is 24.3 Å². The van der Waals surface area contributed by atoms with E-state index in [0.717, 1.165) is 15.0 Å². The summed E-state index contributed by atoms with van der Waals surface area (Å²) in [4.78, 5) is 34.2. The van der Waals surface area contributed by atoms with Gasteiger partial charge < -0.3 is 0 Å². The highest BCUT2D eigenvalue weighted by atomic mass is 19.1. The fraction of sp³-hybridized carbons (Fsp3) is 0. The third-order valence-corrected chi connectivity index (χ3v) is 4.22. The number of para-hydroxylation sites is 2. The number of aromatic nitrogens is 4. The summed E-state index contributed by atoms with van der Waals surface area (Å²) in [7, 11) is 0. The van der Waals surface area contributed by atoms with Gasteiger partial charge in [-0.2, -0.15) is 0 Å². The molecular formula is C18H9FN4O2. The fourth-order valence-electron chi connectivity index (χ4n) is 3.06. The normalized spacial score (nSPS) is 11.7. The molecule has 0 amide bonds. The van der Waals surface area contributed by atoms with E-state index in [-0.39, 0.29) is 11.4 Å². The van der Waals surface area contributed by atoms with Crippen molar-refractivity contribution in [2.75, 3.05) is 0 Å². The standard InChI is InChI=1S/C18H9FN4O2/c19-12-9-22-16(24)10-5-1-4-8-14(10)21-18(22)23-15(12)20-13-7-3-2-6-11(13)17(23)25/h1-9H. The van der Waals surface area contributed by atoms with Gasteiger partial charge in [-0.05, 0) is 24.3 Å².